The highest BCUT2D eigenvalue weighted by molar-refractivity contribution is 7.12. The number of amides is 2. The average molecular weight is 439 g/mol. The molecule has 1 heterocycles. The number of hydrogen-bond acceptors (Lipinski definition) is 6. The molecule has 3 rings (SSSR count). The van der Waals surface area contributed by atoms with Gasteiger partial charge in [-0.15, -0.1) is 11.3 Å². The molecule has 0 aliphatic rings. The number of anilines is 2. The second kappa shape index (κ2) is 9.90. The molecule has 0 bridgehead atoms. The van der Waals surface area contributed by atoms with Gasteiger partial charge < -0.3 is 20.1 Å². The number of para-hydroxylation sites is 1. The van der Waals surface area contributed by atoms with Crippen LogP contribution in [0.25, 0.3) is 0 Å². The Labute approximate surface area is 184 Å². The van der Waals surface area contributed by atoms with Gasteiger partial charge in [0.1, 0.15) is 5.75 Å². The van der Waals surface area contributed by atoms with Gasteiger partial charge in [0.05, 0.1) is 28.9 Å². The van der Waals surface area contributed by atoms with Crippen molar-refractivity contribution in [2.24, 2.45) is 0 Å². The first kappa shape index (κ1) is 22.0. The fourth-order valence-electron chi connectivity index (χ4n) is 2.79. The summed E-state index contributed by atoms with van der Waals surface area (Å²) in [5.41, 5.74) is 1.88. The third-order valence-corrected chi connectivity index (χ3v) is 5.27. The molecule has 1 aromatic heterocycles. The largest absolute Gasteiger partial charge is 0.495 e. The molecule has 0 saturated carbocycles. The van der Waals surface area contributed by atoms with E-state index in [1.807, 2.05) is 13.0 Å². The summed E-state index contributed by atoms with van der Waals surface area (Å²) in [6.07, 6.45) is -1.07. The van der Waals surface area contributed by atoms with E-state index in [-0.39, 0.29) is 11.5 Å². The molecule has 2 N–H and O–H groups in total. The van der Waals surface area contributed by atoms with Gasteiger partial charge in [0.15, 0.2) is 6.10 Å². The van der Waals surface area contributed by atoms with E-state index in [2.05, 4.69) is 10.6 Å². The van der Waals surface area contributed by atoms with Crippen molar-refractivity contribution in [2.75, 3.05) is 17.7 Å². The first-order chi connectivity index (χ1) is 14.9. The number of rotatable bonds is 7. The summed E-state index contributed by atoms with van der Waals surface area (Å²) in [6, 6.07) is 15.3. The molecular weight excluding hydrogens is 416 g/mol. The van der Waals surface area contributed by atoms with Gasteiger partial charge in [0, 0.05) is 0 Å². The van der Waals surface area contributed by atoms with Crippen molar-refractivity contribution in [2.45, 2.75) is 20.0 Å². The number of aryl methyl sites for hydroxylation is 1. The number of hydrogen-bond donors (Lipinski definition) is 2. The molecule has 2 aromatic carbocycles. The Bertz CT molecular complexity index is 1100. The number of carbonyl (C=O) groups is 3. The van der Waals surface area contributed by atoms with Crippen molar-refractivity contribution in [3.8, 4) is 5.75 Å². The number of ether oxygens (including phenoxy) is 2. The number of thiophene rings is 1. The molecule has 7 nitrogen and oxygen atoms in total. The van der Waals surface area contributed by atoms with E-state index in [0.29, 0.717) is 22.0 Å². The normalized spacial score (nSPS) is 11.3. The van der Waals surface area contributed by atoms with Crippen LogP contribution in [-0.2, 0) is 9.53 Å². The van der Waals surface area contributed by atoms with E-state index >= 15 is 0 Å². The van der Waals surface area contributed by atoms with Gasteiger partial charge in [-0.2, -0.15) is 0 Å². The van der Waals surface area contributed by atoms with E-state index in [9.17, 15) is 14.4 Å². The van der Waals surface area contributed by atoms with Crippen LogP contribution in [0.2, 0.25) is 0 Å². The summed E-state index contributed by atoms with van der Waals surface area (Å²) in [5.74, 6) is -1.05. The highest BCUT2D eigenvalue weighted by Gasteiger charge is 2.22. The number of nitrogens with one attached hydrogen (secondary N) is 2. The number of methoxy groups -OCH3 is 1. The zero-order valence-electron chi connectivity index (χ0n) is 17.3. The lowest BCUT2D eigenvalue weighted by molar-refractivity contribution is -0.123. The minimum atomic E-state index is -1.07. The van der Waals surface area contributed by atoms with Crippen molar-refractivity contribution in [3.63, 3.8) is 0 Å². The van der Waals surface area contributed by atoms with E-state index in [0.717, 1.165) is 5.56 Å². The summed E-state index contributed by atoms with van der Waals surface area (Å²) >= 11 is 1.29. The predicted molar refractivity (Wildman–Crippen MR) is 120 cm³/mol. The summed E-state index contributed by atoms with van der Waals surface area (Å²) in [5, 5.41) is 7.22. The zero-order chi connectivity index (χ0) is 22.4. The molecule has 0 aliphatic carbocycles. The Morgan fingerprint density at radius 2 is 1.74 bits per heavy atom. The van der Waals surface area contributed by atoms with Crippen molar-refractivity contribution >= 4 is 40.5 Å². The molecule has 2 amide bonds. The lowest BCUT2D eigenvalue weighted by Crippen LogP contribution is -2.30. The molecule has 0 spiro atoms. The van der Waals surface area contributed by atoms with Gasteiger partial charge in [-0.05, 0) is 55.1 Å². The predicted octanol–water partition coefficient (Wildman–Crippen LogP) is 4.50. The first-order valence-corrected chi connectivity index (χ1v) is 10.4. The molecule has 1 unspecified atom stereocenters. The van der Waals surface area contributed by atoms with Crippen LogP contribution >= 0.6 is 11.3 Å². The van der Waals surface area contributed by atoms with Crippen LogP contribution in [-0.4, -0.2) is 31.0 Å². The van der Waals surface area contributed by atoms with Crippen molar-refractivity contribution < 1.29 is 23.9 Å². The fourth-order valence-corrected chi connectivity index (χ4v) is 3.41. The van der Waals surface area contributed by atoms with E-state index < -0.39 is 18.0 Å². The molecule has 31 heavy (non-hydrogen) atoms. The fraction of sp³-hybridized carbons (Fsp3) is 0.174. The third-order valence-electron chi connectivity index (χ3n) is 4.41. The monoisotopic (exact) mass is 438 g/mol. The van der Waals surface area contributed by atoms with E-state index in [4.69, 9.17) is 9.47 Å². The number of esters is 1. The summed E-state index contributed by atoms with van der Waals surface area (Å²) in [7, 11) is 1.51. The Kier molecular flexibility index (Phi) is 7.04. The van der Waals surface area contributed by atoms with Gasteiger partial charge in [0.25, 0.3) is 11.8 Å². The van der Waals surface area contributed by atoms with Crippen LogP contribution in [0.1, 0.15) is 32.5 Å². The maximum Gasteiger partial charge on any atom is 0.341 e. The van der Waals surface area contributed by atoms with Gasteiger partial charge in [-0.1, -0.05) is 24.3 Å². The first-order valence-electron chi connectivity index (χ1n) is 9.49. The molecule has 1 atom stereocenters. The molecule has 0 fully saturated rings. The van der Waals surface area contributed by atoms with E-state index in [1.54, 1.807) is 47.8 Å². The maximum absolute atomic E-state index is 12.7. The second-order valence-electron chi connectivity index (χ2n) is 6.72. The van der Waals surface area contributed by atoms with Gasteiger partial charge in [-0.25, -0.2) is 4.79 Å². The van der Waals surface area contributed by atoms with Crippen LogP contribution in [0.4, 0.5) is 11.4 Å². The lowest BCUT2D eigenvalue weighted by atomic mass is 10.1. The standard InChI is InChI=1S/C23H22N2O5S/c1-14-10-11-19(29-3)18(13-14)25-21(26)15(2)30-23(28)16-7-4-5-8-17(16)24-22(27)20-9-6-12-31-20/h4-13,15H,1-3H3,(H,24,27)(H,25,26). The van der Waals surface area contributed by atoms with E-state index in [1.165, 1.54) is 31.4 Å². The van der Waals surface area contributed by atoms with Crippen molar-refractivity contribution in [1.82, 2.24) is 0 Å². The molecule has 3 aromatic rings. The minimum Gasteiger partial charge on any atom is -0.495 e. The molecule has 160 valence electrons. The van der Waals surface area contributed by atoms with Gasteiger partial charge in [-0.3, -0.25) is 9.59 Å². The molecule has 8 heteroatoms. The molecule has 0 radical (unpaired) electrons. The van der Waals surface area contributed by atoms with Gasteiger partial charge >= 0.3 is 5.97 Å². The third kappa shape index (κ3) is 5.49. The van der Waals surface area contributed by atoms with Gasteiger partial charge in [0.2, 0.25) is 0 Å². The quantitative estimate of drug-likeness (QED) is 0.530. The number of benzene rings is 2. The Morgan fingerprint density at radius 3 is 2.45 bits per heavy atom. The summed E-state index contributed by atoms with van der Waals surface area (Å²) in [6.45, 7) is 3.36. The number of carbonyl (C=O) groups excluding carboxylic acids is 3. The maximum atomic E-state index is 12.7. The summed E-state index contributed by atoms with van der Waals surface area (Å²) < 4.78 is 10.6. The molecule has 0 saturated heterocycles. The van der Waals surface area contributed by atoms with Crippen LogP contribution in [0.15, 0.2) is 60.0 Å². The Balaban J connectivity index is 1.69. The SMILES string of the molecule is COc1ccc(C)cc1NC(=O)C(C)OC(=O)c1ccccc1NC(=O)c1cccs1. The highest BCUT2D eigenvalue weighted by Crippen LogP contribution is 2.26. The smallest absolute Gasteiger partial charge is 0.341 e. The molecular formula is C23H22N2O5S. The van der Waals surface area contributed by atoms with Crippen molar-refractivity contribution in [1.29, 1.82) is 0 Å². The Hall–Kier alpha value is -3.65. The van der Waals surface area contributed by atoms with Crippen molar-refractivity contribution in [3.05, 3.63) is 76.0 Å². The topological polar surface area (TPSA) is 93.7 Å². The zero-order valence-corrected chi connectivity index (χ0v) is 18.1. The van der Waals surface area contributed by atoms with Crippen LogP contribution in [0.3, 0.4) is 0 Å². The molecule has 0 aliphatic heterocycles. The average Bonchev–Trinajstić information content (AvgIpc) is 3.29. The summed E-state index contributed by atoms with van der Waals surface area (Å²) in [4.78, 5) is 38.1. The second-order valence-corrected chi connectivity index (χ2v) is 7.67. The lowest BCUT2D eigenvalue weighted by Gasteiger charge is -2.16. The Morgan fingerprint density at radius 1 is 0.968 bits per heavy atom. The van der Waals surface area contributed by atoms with Crippen LogP contribution in [0.5, 0.6) is 5.75 Å². The minimum absolute atomic E-state index is 0.153. The highest BCUT2D eigenvalue weighted by atomic mass is 32.1. The van der Waals surface area contributed by atoms with Crippen LogP contribution in [0, 0.1) is 6.92 Å². The van der Waals surface area contributed by atoms with Crippen LogP contribution < -0.4 is 15.4 Å².